The summed E-state index contributed by atoms with van der Waals surface area (Å²) in [6.45, 7) is 0.636. The molecule has 0 aliphatic heterocycles. The summed E-state index contributed by atoms with van der Waals surface area (Å²) in [4.78, 5) is 4.52. The summed E-state index contributed by atoms with van der Waals surface area (Å²) < 4.78 is 0. The summed E-state index contributed by atoms with van der Waals surface area (Å²) in [6, 6.07) is 15.5. The van der Waals surface area contributed by atoms with Gasteiger partial charge in [0.15, 0.2) is 0 Å². The van der Waals surface area contributed by atoms with Crippen LogP contribution in [-0.2, 0) is 6.54 Å². The Morgan fingerprint density at radius 1 is 1.00 bits per heavy atom. The van der Waals surface area contributed by atoms with Crippen LogP contribution in [0.25, 0.3) is 11.4 Å². The molecule has 3 aromatic rings. The van der Waals surface area contributed by atoms with Crippen LogP contribution in [0.1, 0.15) is 5.56 Å². The average Bonchev–Trinajstić information content (AvgIpc) is 3.01. The molecule has 0 spiro atoms. The molecule has 0 aliphatic rings. The van der Waals surface area contributed by atoms with Gasteiger partial charge in [-0.3, -0.25) is 5.10 Å². The molecule has 2 heterocycles. The highest BCUT2D eigenvalue weighted by Gasteiger charge is 2.03. The van der Waals surface area contributed by atoms with E-state index in [2.05, 4.69) is 20.5 Å². The van der Waals surface area contributed by atoms with Crippen LogP contribution in [0.3, 0.4) is 0 Å². The smallest absolute Gasteiger partial charge is 0.126 e. The lowest BCUT2D eigenvalue weighted by Gasteiger charge is -2.08. The Morgan fingerprint density at radius 2 is 1.90 bits per heavy atom. The predicted molar refractivity (Wildman–Crippen MR) is 80.6 cm³/mol. The van der Waals surface area contributed by atoms with Crippen LogP contribution in [0.4, 0.5) is 5.82 Å². The van der Waals surface area contributed by atoms with E-state index in [9.17, 15) is 0 Å². The van der Waals surface area contributed by atoms with Gasteiger partial charge < -0.3 is 5.32 Å². The van der Waals surface area contributed by atoms with E-state index in [1.54, 1.807) is 6.20 Å². The quantitative estimate of drug-likeness (QED) is 0.767. The van der Waals surface area contributed by atoms with Gasteiger partial charge in [-0.1, -0.05) is 35.9 Å². The third-order valence-corrected chi connectivity index (χ3v) is 3.30. The summed E-state index contributed by atoms with van der Waals surface area (Å²) >= 11 is 6.13. The monoisotopic (exact) mass is 284 g/mol. The molecule has 5 heteroatoms. The van der Waals surface area contributed by atoms with Crippen molar-refractivity contribution in [2.45, 2.75) is 6.54 Å². The number of nitrogens with one attached hydrogen (secondary N) is 2. The van der Waals surface area contributed by atoms with Gasteiger partial charge in [0.1, 0.15) is 11.5 Å². The van der Waals surface area contributed by atoms with Crippen LogP contribution in [-0.4, -0.2) is 15.2 Å². The first-order valence-electron chi connectivity index (χ1n) is 6.27. The van der Waals surface area contributed by atoms with Gasteiger partial charge >= 0.3 is 0 Å². The molecule has 2 aromatic heterocycles. The predicted octanol–water partition coefficient (Wildman–Crippen LogP) is 3.74. The molecule has 0 radical (unpaired) electrons. The number of aromatic amines is 1. The zero-order valence-corrected chi connectivity index (χ0v) is 11.4. The van der Waals surface area contributed by atoms with Gasteiger partial charge in [-0.05, 0) is 29.8 Å². The van der Waals surface area contributed by atoms with Crippen molar-refractivity contribution in [3.05, 3.63) is 65.3 Å². The first kappa shape index (κ1) is 12.7. The summed E-state index contributed by atoms with van der Waals surface area (Å²) in [7, 11) is 0. The normalized spacial score (nSPS) is 10.4. The second-order valence-corrected chi connectivity index (χ2v) is 4.72. The number of rotatable bonds is 4. The van der Waals surface area contributed by atoms with Gasteiger partial charge in [0.05, 0.1) is 5.69 Å². The molecule has 0 bridgehead atoms. The van der Waals surface area contributed by atoms with Crippen molar-refractivity contribution in [2.75, 3.05) is 5.32 Å². The summed E-state index contributed by atoms with van der Waals surface area (Å²) in [5, 5.41) is 10.9. The topological polar surface area (TPSA) is 53.6 Å². The molecule has 4 nitrogen and oxygen atoms in total. The van der Waals surface area contributed by atoms with Crippen LogP contribution in [0.5, 0.6) is 0 Å². The molecular weight excluding hydrogens is 272 g/mol. The van der Waals surface area contributed by atoms with Crippen LogP contribution < -0.4 is 5.32 Å². The molecule has 20 heavy (non-hydrogen) atoms. The molecule has 1 aromatic carbocycles. The fourth-order valence-electron chi connectivity index (χ4n) is 1.91. The van der Waals surface area contributed by atoms with Gasteiger partial charge in [0.25, 0.3) is 0 Å². The lowest BCUT2D eigenvalue weighted by atomic mass is 10.2. The number of benzene rings is 1. The van der Waals surface area contributed by atoms with Gasteiger partial charge in [-0.2, -0.15) is 5.10 Å². The van der Waals surface area contributed by atoms with Crippen molar-refractivity contribution in [1.82, 2.24) is 15.2 Å². The maximum Gasteiger partial charge on any atom is 0.126 e. The molecular formula is C15H13ClN4. The van der Waals surface area contributed by atoms with Crippen molar-refractivity contribution in [1.29, 1.82) is 0 Å². The fourth-order valence-corrected chi connectivity index (χ4v) is 2.11. The van der Waals surface area contributed by atoms with E-state index >= 15 is 0 Å². The van der Waals surface area contributed by atoms with Crippen molar-refractivity contribution in [2.24, 2.45) is 0 Å². The highest BCUT2D eigenvalue weighted by molar-refractivity contribution is 6.31. The number of hydrogen-bond acceptors (Lipinski definition) is 3. The Labute approximate surface area is 121 Å². The zero-order chi connectivity index (χ0) is 13.8. The van der Waals surface area contributed by atoms with E-state index in [4.69, 9.17) is 11.6 Å². The fraction of sp³-hybridized carbons (Fsp3) is 0.0667. The molecule has 3 rings (SSSR count). The third kappa shape index (κ3) is 2.81. The third-order valence-electron chi connectivity index (χ3n) is 2.93. The Bertz CT molecular complexity index is 695. The minimum atomic E-state index is 0.636. The highest BCUT2D eigenvalue weighted by atomic mass is 35.5. The number of anilines is 1. The highest BCUT2D eigenvalue weighted by Crippen LogP contribution is 2.18. The van der Waals surface area contributed by atoms with Crippen molar-refractivity contribution in [3.8, 4) is 11.4 Å². The lowest BCUT2D eigenvalue weighted by Crippen LogP contribution is -2.02. The van der Waals surface area contributed by atoms with Crippen LogP contribution >= 0.6 is 11.6 Å². The van der Waals surface area contributed by atoms with Gasteiger partial charge in [-0.15, -0.1) is 0 Å². The largest absolute Gasteiger partial charge is 0.366 e. The first-order valence-corrected chi connectivity index (χ1v) is 6.65. The van der Waals surface area contributed by atoms with E-state index in [0.29, 0.717) is 6.54 Å². The van der Waals surface area contributed by atoms with Gasteiger partial charge in [0.2, 0.25) is 0 Å². The van der Waals surface area contributed by atoms with E-state index in [1.807, 2.05) is 48.5 Å². The number of hydrogen-bond donors (Lipinski definition) is 2. The Balaban J connectivity index is 1.75. The molecule has 0 unspecified atom stereocenters. The van der Waals surface area contributed by atoms with Crippen LogP contribution in [0.2, 0.25) is 5.02 Å². The molecule has 0 atom stereocenters. The SMILES string of the molecule is Clc1ccccc1CNc1cccc(-c2cc[nH]n2)n1. The molecule has 2 N–H and O–H groups in total. The van der Waals surface area contributed by atoms with E-state index in [-0.39, 0.29) is 0 Å². The van der Waals surface area contributed by atoms with E-state index < -0.39 is 0 Å². The standard InChI is InChI=1S/C15H13ClN4/c16-12-5-2-1-4-11(12)10-17-15-7-3-6-13(19-15)14-8-9-18-20-14/h1-9H,10H2,(H,17,19)(H,18,20). The van der Waals surface area contributed by atoms with E-state index in [1.165, 1.54) is 0 Å². The molecule has 0 amide bonds. The Hall–Kier alpha value is -2.33. The second kappa shape index (κ2) is 5.75. The number of pyridine rings is 1. The lowest BCUT2D eigenvalue weighted by molar-refractivity contribution is 1.08. The first-order chi connectivity index (χ1) is 9.83. The summed E-state index contributed by atoms with van der Waals surface area (Å²) in [5.41, 5.74) is 2.70. The summed E-state index contributed by atoms with van der Waals surface area (Å²) in [6.07, 6.45) is 1.78. The van der Waals surface area contributed by atoms with Crippen molar-refractivity contribution in [3.63, 3.8) is 0 Å². The molecule has 100 valence electrons. The Kier molecular flexibility index (Phi) is 3.65. The number of aromatic nitrogens is 3. The minimum Gasteiger partial charge on any atom is -0.366 e. The van der Waals surface area contributed by atoms with Gasteiger partial charge in [-0.25, -0.2) is 4.98 Å². The number of nitrogens with zero attached hydrogens (tertiary/aromatic N) is 2. The summed E-state index contributed by atoms with van der Waals surface area (Å²) in [5.74, 6) is 0.797. The second-order valence-electron chi connectivity index (χ2n) is 4.31. The Morgan fingerprint density at radius 3 is 2.70 bits per heavy atom. The van der Waals surface area contributed by atoms with Crippen LogP contribution in [0.15, 0.2) is 54.7 Å². The maximum atomic E-state index is 6.13. The zero-order valence-electron chi connectivity index (χ0n) is 10.7. The molecule has 0 fully saturated rings. The molecule has 0 saturated carbocycles. The maximum absolute atomic E-state index is 6.13. The molecule has 0 saturated heterocycles. The van der Waals surface area contributed by atoms with Crippen molar-refractivity contribution < 1.29 is 0 Å². The minimum absolute atomic E-state index is 0.636. The van der Waals surface area contributed by atoms with Crippen LogP contribution in [0, 0.1) is 0 Å². The van der Waals surface area contributed by atoms with Crippen molar-refractivity contribution >= 4 is 17.4 Å². The number of halogens is 1. The average molecular weight is 285 g/mol. The van der Waals surface area contributed by atoms with E-state index in [0.717, 1.165) is 27.8 Å². The number of H-pyrrole nitrogens is 1. The molecule has 0 aliphatic carbocycles. The van der Waals surface area contributed by atoms with Gasteiger partial charge in [0, 0.05) is 17.8 Å².